The van der Waals surface area contributed by atoms with Crippen LogP contribution in [0, 0.1) is 18.8 Å². The SMILES string of the molecule is Cc1[nH]ncc1CCCNC(CC(C)C)CC(C)C. The molecule has 0 saturated heterocycles. The van der Waals surface area contributed by atoms with Crippen LogP contribution in [0.1, 0.15) is 58.2 Å². The maximum absolute atomic E-state index is 4.07. The summed E-state index contributed by atoms with van der Waals surface area (Å²) in [4.78, 5) is 0. The highest BCUT2D eigenvalue weighted by Gasteiger charge is 2.12. The van der Waals surface area contributed by atoms with Gasteiger partial charge < -0.3 is 5.32 Å². The molecule has 0 unspecified atom stereocenters. The molecule has 0 aliphatic rings. The Morgan fingerprint density at radius 3 is 2.26 bits per heavy atom. The van der Waals surface area contributed by atoms with Crippen molar-refractivity contribution in [2.24, 2.45) is 11.8 Å². The summed E-state index contributed by atoms with van der Waals surface area (Å²) in [5.74, 6) is 1.54. The Kier molecular flexibility index (Phi) is 7.14. The van der Waals surface area contributed by atoms with Crippen LogP contribution in [0.2, 0.25) is 0 Å². The lowest BCUT2D eigenvalue weighted by Crippen LogP contribution is -2.32. The Labute approximate surface area is 118 Å². The fourth-order valence-electron chi connectivity index (χ4n) is 2.61. The molecule has 0 aromatic carbocycles. The van der Waals surface area contributed by atoms with E-state index in [9.17, 15) is 0 Å². The van der Waals surface area contributed by atoms with Crippen LogP contribution in [0.25, 0.3) is 0 Å². The van der Waals surface area contributed by atoms with E-state index in [4.69, 9.17) is 0 Å². The first kappa shape index (κ1) is 16.2. The number of hydrogen-bond acceptors (Lipinski definition) is 2. The van der Waals surface area contributed by atoms with Crippen molar-refractivity contribution in [1.82, 2.24) is 15.5 Å². The molecular weight excluding hydrogens is 234 g/mol. The van der Waals surface area contributed by atoms with Gasteiger partial charge in [0.25, 0.3) is 0 Å². The molecule has 1 aromatic heterocycles. The normalized spacial score (nSPS) is 12.0. The molecule has 3 heteroatoms. The van der Waals surface area contributed by atoms with Gasteiger partial charge in [-0.25, -0.2) is 0 Å². The van der Waals surface area contributed by atoms with Crippen LogP contribution in [-0.2, 0) is 6.42 Å². The number of nitrogens with one attached hydrogen (secondary N) is 2. The molecule has 0 fully saturated rings. The van der Waals surface area contributed by atoms with Crippen LogP contribution in [0.5, 0.6) is 0 Å². The summed E-state index contributed by atoms with van der Waals surface area (Å²) in [5, 5.41) is 10.8. The highest BCUT2D eigenvalue weighted by atomic mass is 15.1. The molecule has 110 valence electrons. The van der Waals surface area contributed by atoms with Gasteiger partial charge in [-0.2, -0.15) is 5.10 Å². The number of aromatic nitrogens is 2. The zero-order valence-corrected chi connectivity index (χ0v) is 13.3. The first-order valence-electron chi connectivity index (χ1n) is 7.71. The smallest absolute Gasteiger partial charge is 0.0522 e. The Bertz CT molecular complexity index is 332. The Balaban J connectivity index is 2.25. The quantitative estimate of drug-likeness (QED) is 0.668. The molecule has 0 saturated carbocycles. The molecule has 0 aliphatic carbocycles. The van der Waals surface area contributed by atoms with Gasteiger partial charge in [0.05, 0.1) is 6.20 Å². The highest BCUT2D eigenvalue weighted by molar-refractivity contribution is 5.14. The monoisotopic (exact) mass is 265 g/mol. The van der Waals surface area contributed by atoms with Gasteiger partial charge >= 0.3 is 0 Å². The van der Waals surface area contributed by atoms with E-state index in [2.05, 4.69) is 50.1 Å². The van der Waals surface area contributed by atoms with Gasteiger partial charge in [0.2, 0.25) is 0 Å². The Morgan fingerprint density at radius 1 is 1.16 bits per heavy atom. The standard InChI is InChI=1S/C16H31N3/c1-12(2)9-16(10-13(3)4)17-8-6-7-15-11-18-19-14(15)5/h11-13,16-17H,6-10H2,1-5H3,(H,18,19). The topological polar surface area (TPSA) is 40.7 Å². The van der Waals surface area contributed by atoms with E-state index in [0.29, 0.717) is 6.04 Å². The maximum atomic E-state index is 4.07. The van der Waals surface area contributed by atoms with Crippen LogP contribution in [0.3, 0.4) is 0 Å². The van der Waals surface area contributed by atoms with Gasteiger partial charge in [-0.3, -0.25) is 5.10 Å². The van der Waals surface area contributed by atoms with Crippen molar-refractivity contribution in [3.05, 3.63) is 17.5 Å². The first-order valence-corrected chi connectivity index (χ1v) is 7.71. The van der Waals surface area contributed by atoms with Crippen molar-refractivity contribution in [3.8, 4) is 0 Å². The zero-order chi connectivity index (χ0) is 14.3. The van der Waals surface area contributed by atoms with Crippen LogP contribution in [-0.4, -0.2) is 22.8 Å². The summed E-state index contributed by atoms with van der Waals surface area (Å²) in [5.41, 5.74) is 2.56. The molecule has 0 radical (unpaired) electrons. The molecule has 19 heavy (non-hydrogen) atoms. The van der Waals surface area contributed by atoms with E-state index in [-0.39, 0.29) is 0 Å². The average Bonchev–Trinajstić information content (AvgIpc) is 2.68. The second kappa shape index (κ2) is 8.36. The van der Waals surface area contributed by atoms with Crippen molar-refractivity contribution in [1.29, 1.82) is 0 Å². The molecular formula is C16H31N3. The van der Waals surface area contributed by atoms with Gasteiger partial charge in [0.1, 0.15) is 0 Å². The molecule has 0 aliphatic heterocycles. The third-order valence-corrected chi connectivity index (χ3v) is 3.50. The fourth-order valence-corrected chi connectivity index (χ4v) is 2.61. The predicted octanol–water partition coefficient (Wildman–Crippen LogP) is 3.70. The molecule has 0 atom stereocenters. The number of aromatic amines is 1. The molecule has 0 spiro atoms. The molecule has 0 bridgehead atoms. The van der Waals surface area contributed by atoms with Crippen LogP contribution < -0.4 is 5.32 Å². The fraction of sp³-hybridized carbons (Fsp3) is 0.812. The van der Waals surface area contributed by atoms with Gasteiger partial charge in [-0.1, -0.05) is 27.7 Å². The zero-order valence-electron chi connectivity index (χ0n) is 13.3. The van der Waals surface area contributed by atoms with Crippen molar-refractivity contribution in [2.75, 3.05) is 6.54 Å². The van der Waals surface area contributed by atoms with E-state index >= 15 is 0 Å². The summed E-state index contributed by atoms with van der Waals surface area (Å²) in [7, 11) is 0. The second-order valence-electron chi connectivity index (χ2n) is 6.53. The predicted molar refractivity (Wildman–Crippen MR) is 82.3 cm³/mol. The van der Waals surface area contributed by atoms with Crippen LogP contribution in [0.15, 0.2) is 6.20 Å². The third kappa shape index (κ3) is 6.76. The van der Waals surface area contributed by atoms with E-state index in [1.54, 1.807) is 0 Å². The molecule has 1 aromatic rings. The molecule has 2 N–H and O–H groups in total. The van der Waals surface area contributed by atoms with Crippen molar-refractivity contribution in [3.63, 3.8) is 0 Å². The minimum atomic E-state index is 0.672. The van der Waals surface area contributed by atoms with Crippen LogP contribution >= 0.6 is 0 Å². The van der Waals surface area contributed by atoms with Gasteiger partial charge in [0.15, 0.2) is 0 Å². The lowest BCUT2D eigenvalue weighted by molar-refractivity contribution is 0.358. The van der Waals surface area contributed by atoms with Crippen molar-refractivity contribution in [2.45, 2.75) is 66.3 Å². The lowest BCUT2D eigenvalue weighted by atomic mass is 9.95. The van der Waals surface area contributed by atoms with Gasteiger partial charge in [-0.05, 0) is 56.6 Å². The molecule has 1 rings (SSSR count). The van der Waals surface area contributed by atoms with Crippen molar-refractivity contribution < 1.29 is 0 Å². The summed E-state index contributed by atoms with van der Waals surface area (Å²) >= 11 is 0. The van der Waals surface area contributed by atoms with Gasteiger partial charge in [-0.15, -0.1) is 0 Å². The molecule has 0 amide bonds. The van der Waals surface area contributed by atoms with E-state index < -0.39 is 0 Å². The first-order chi connectivity index (χ1) is 8.99. The minimum Gasteiger partial charge on any atom is -0.314 e. The average molecular weight is 265 g/mol. The van der Waals surface area contributed by atoms with Gasteiger partial charge in [0, 0.05) is 11.7 Å². The summed E-state index contributed by atoms with van der Waals surface area (Å²) in [6.45, 7) is 12.4. The summed E-state index contributed by atoms with van der Waals surface area (Å²) in [6.07, 6.45) is 6.82. The Hall–Kier alpha value is -0.830. The molecule has 3 nitrogen and oxygen atoms in total. The largest absolute Gasteiger partial charge is 0.314 e. The van der Waals surface area contributed by atoms with E-state index in [0.717, 1.165) is 24.8 Å². The van der Waals surface area contributed by atoms with E-state index in [1.165, 1.54) is 30.5 Å². The summed E-state index contributed by atoms with van der Waals surface area (Å²) in [6, 6.07) is 0.672. The summed E-state index contributed by atoms with van der Waals surface area (Å²) < 4.78 is 0. The highest BCUT2D eigenvalue weighted by Crippen LogP contribution is 2.13. The number of nitrogens with zero attached hydrogens (tertiary/aromatic N) is 1. The number of aryl methyl sites for hydroxylation is 2. The number of H-pyrrole nitrogens is 1. The Morgan fingerprint density at radius 2 is 1.79 bits per heavy atom. The third-order valence-electron chi connectivity index (χ3n) is 3.50. The second-order valence-corrected chi connectivity index (χ2v) is 6.53. The minimum absolute atomic E-state index is 0.672. The number of hydrogen-bond donors (Lipinski definition) is 2. The van der Waals surface area contributed by atoms with E-state index in [1.807, 2.05) is 6.20 Å². The maximum Gasteiger partial charge on any atom is 0.0522 e. The lowest BCUT2D eigenvalue weighted by Gasteiger charge is -2.22. The number of rotatable bonds is 9. The molecule has 1 heterocycles. The van der Waals surface area contributed by atoms with Crippen LogP contribution in [0.4, 0.5) is 0 Å². The van der Waals surface area contributed by atoms with Crippen molar-refractivity contribution >= 4 is 0 Å².